The number of fused-ring (bicyclic) bond motifs is 4. The molecule has 1 saturated heterocycles. The average Bonchev–Trinajstić information content (AvgIpc) is 2.42. The van der Waals surface area contributed by atoms with Crippen molar-refractivity contribution in [3.63, 3.8) is 0 Å². The lowest BCUT2D eigenvalue weighted by molar-refractivity contribution is -0.163. The van der Waals surface area contributed by atoms with Gasteiger partial charge in [0.05, 0.1) is 19.8 Å². The molecule has 4 heteroatoms. The Morgan fingerprint density at radius 2 is 1.95 bits per heavy atom. The normalized spacial score (nSPS) is 28.8. The molecule has 2 aliphatic heterocycles. The lowest BCUT2D eigenvalue weighted by Crippen LogP contribution is -2.46. The number of benzene rings is 1. The Labute approximate surface area is 112 Å². The monoisotopic (exact) mass is 262 g/mol. The Kier molecular flexibility index (Phi) is 2.78. The van der Waals surface area contributed by atoms with Crippen LogP contribution >= 0.6 is 0 Å². The van der Waals surface area contributed by atoms with Crippen LogP contribution < -0.4 is 9.47 Å². The summed E-state index contributed by atoms with van der Waals surface area (Å²) < 4.78 is 16.7. The highest BCUT2D eigenvalue weighted by molar-refractivity contribution is 5.85. The van der Waals surface area contributed by atoms with Crippen LogP contribution in [0.4, 0.5) is 0 Å². The van der Waals surface area contributed by atoms with Crippen molar-refractivity contribution in [3.8, 4) is 11.5 Å². The van der Waals surface area contributed by atoms with Crippen molar-refractivity contribution in [3.05, 3.63) is 23.3 Å². The predicted octanol–water partition coefficient (Wildman–Crippen LogP) is 2.22. The zero-order valence-corrected chi connectivity index (χ0v) is 11.5. The Balaban J connectivity index is 2.14. The van der Waals surface area contributed by atoms with E-state index in [1.165, 1.54) is 0 Å². The molecule has 3 rings (SSSR count). The molecule has 19 heavy (non-hydrogen) atoms. The van der Waals surface area contributed by atoms with Gasteiger partial charge >= 0.3 is 0 Å². The maximum Gasteiger partial charge on any atom is 0.162 e. The highest BCUT2D eigenvalue weighted by atomic mass is 16.5. The number of Topliss-reactive ketones (excluding diaryl/α,β-unsaturated/α-hetero) is 1. The average molecular weight is 262 g/mol. The highest BCUT2D eigenvalue weighted by Crippen LogP contribution is 2.46. The molecule has 4 nitrogen and oxygen atoms in total. The zero-order valence-electron chi connectivity index (χ0n) is 11.5. The summed E-state index contributed by atoms with van der Waals surface area (Å²) in [5, 5.41) is 0. The van der Waals surface area contributed by atoms with E-state index >= 15 is 0 Å². The Morgan fingerprint density at radius 3 is 2.63 bits per heavy atom. The summed E-state index contributed by atoms with van der Waals surface area (Å²) in [5.74, 6) is 1.62. The van der Waals surface area contributed by atoms with Crippen LogP contribution in [0, 0.1) is 0 Å². The van der Waals surface area contributed by atoms with E-state index in [9.17, 15) is 4.79 Å². The molecule has 0 saturated carbocycles. The molecule has 0 N–H and O–H groups in total. The van der Waals surface area contributed by atoms with Crippen LogP contribution in [0.3, 0.4) is 0 Å². The number of carbonyl (C=O) groups is 1. The SMILES string of the molecule is COc1cc2c(cc1OC)[C@@]1(C)CCC(=O)[C@@H](C2)O1. The van der Waals surface area contributed by atoms with E-state index in [0.717, 1.165) is 17.5 Å². The first-order valence-electron chi connectivity index (χ1n) is 6.53. The van der Waals surface area contributed by atoms with Crippen LogP contribution in [0.25, 0.3) is 0 Å². The summed E-state index contributed by atoms with van der Waals surface area (Å²) >= 11 is 0. The molecule has 0 radical (unpaired) electrons. The third-order valence-corrected chi connectivity index (χ3v) is 4.19. The van der Waals surface area contributed by atoms with Gasteiger partial charge in [-0.15, -0.1) is 0 Å². The quantitative estimate of drug-likeness (QED) is 0.819. The van der Waals surface area contributed by atoms with E-state index in [0.29, 0.717) is 24.3 Å². The van der Waals surface area contributed by atoms with Gasteiger partial charge in [0.1, 0.15) is 6.10 Å². The summed E-state index contributed by atoms with van der Waals surface area (Å²) in [4.78, 5) is 11.9. The third kappa shape index (κ3) is 1.82. The van der Waals surface area contributed by atoms with Crippen molar-refractivity contribution in [2.24, 2.45) is 0 Å². The summed E-state index contributed by atoms with van der Waals surface area (Å²) in [6.07, 6.45) is 1.65. The minimum absolute atomic E-state index is 0.206. The van der Waals surface area contributed by atoms with E-state index in [-0.39, 0.29) is 17.5 Å². The van der Waals surface area contributed by atoms with Crippen molar-refractivity contribution in [2.45, 2.75) is 37.9 Å². The zero-order chi connectivity index (χ0) is 13.6. The molecule has 0 aromatic heterocycles. The van der Waals surface area contributed by atoms with Crippen LogP contribution in [-0.2, 0) is 21.6 Å². The standard InChI is InChI=1S/C15H18O4/c1-15-5-4-11(16)12(19-15)6-9-7-13(17-2)14(18-3)8-10(9)15/h7-8,12H,4-6H2,1-3H3/t12-,15-/m1/s1. The third-order valence-electron chi connectivity index (χ3n) is 4.19. The molecule has 2 atom stereocenters. The molecule has 1 aromatic carbocycles. The van der Waals surface area contributed by atoms with Crippen molar-refractivity contribution in [2.75, 3.05) is 14.2 Å². The second kappa shape index (κ2) is 4.23. The summed E-state index contributed by atoms with van der Waals surface area (Å²) in [6, 6.07) is 3.96. The summed E-state index contributed by atoms with van der Waals surface area (Å²) in [5.41, 5.74) is 1.87. The minimum Gasteiger partial charge on any atom is -0.493 e. The topological polar surface area (TPSA) is 44.8 Å². The first kappa shape index (κ1) is 12.5. The van der Waals surface area contributed by atoms with Gasteiger partial charge in [0.2, 0.25) is 0 Å². The van der Waals surface area contributed by atoms with Gasteiger partial charge in [-0.25, -0.2) is 0 Å². The van der Waals surface area contributed by atoms with Crippen LogP contribution in [0.2, 0.25) is 0 Å². The maximum absolute atomic E-state index is 11.9. The number of methoxy groups -OCH3 is 2. The van der Waals surface area contributed by atoms with Gasteiger partial charge in [0.25, 0.3) is 0 Å². The van der Waals surface area contributed by atoms with E-state index in [1.807, 2.05) is 12.1 Å². The van der Waals surface area contributed by atoms with Gasteiger partial charge in [0.15, 0.2) is 17.3 Å². The van der Waals surface area contributed by atoms with Crippen molar-refractivity contribution in [1.29, 1.82) is 0 Å². The molecular weight excluding hydrogens is 244 g/mol. The smallest absolute Gasteiger partial charge is 0.162 e. The molecule has 102 valence electrons. The number of carbonyl (C=O) groups excluding carboxylic acids is 1. The molecule has 0 spiro atoms. The lowest BCUT2D eigenvalue weighted by atomic mass is 9.77. The van der Waals surface area contributed by atoms with Crippen molar-refractivity contribution < 1.29 is 19.0 Å². The second-order valence-corrected chi connectivity index (χ2v) is 5.37. The van der Waals surface area contributed by atoms with Crippen LogP contribution in [0.1, 0.15) is 30.9 Å². The largest absolute Gasteiger partial charge is 0.493 e. The summed E-state index contributed by atoms with van der Waals surface area (Å²) in [6.45, 7) is 2.05. The number of hydrogen-bond donors (Lipinski definition) is 0. The van der Waals surface area contributed by atoms with E-state index in [1.54, 1.807) is 14.2 Å². The van der Waals surface area contributed by atoms with Crippen molar-refractivity contribution in [1.82, 2.24) is 0 Å². The van der Waals surface area contributed by atoms with Crippen LogP contribution in [0.5, 0.6) is 11.5 Å². The molecule has 1 fully saturated rings. The number of ether oxygens (including phenoxy) is 3. The van der Waals surface area contributed by atoms with Gasteiger partial charge in [-0.2, -0.15) is 0 Å². The first-order valence-corrected chi connectivity index (χ1v) is 6.53. The predicted molar refractivity (Wildman–Crippen MR) is 69.7 cm³/mol. The van der Waals surface area contributed by atoms with Crippen molar-refractivity contribution >= 4 is 5.78 Å². The first-order chi connectivity index (χ1) is 9.07. The van der Waals surface area contributed by atoms with Crippen LogP contribution in [0.15, 0.2) is 12.1 Å². The van der Waals surface area contributed by atoms with E-state index in [2.05, 4.69) is 6.92 Å². The number of rotatable bonds is 2. The second-order valence-electron chi connectivity index (χ2n) is 5.37. The van der Waals surface area contributed by atoms with Gasteiger partial charge in [-0.05, 0) is 36.6 Å². The fraction of sp³-hybridized carbons (Fsp3) is 0.533. The van der Waals surface area contributed by atoms with Crippen LogP contribution in [-0.4, -0.2) is 26.1 Å². The van der Waals surface area contributed by atoms with Gasteiger partial charge < -0.3 is 14.2 Å². The highest BCUT2D eigenvalue weighted by Gasteiger charge is 2.44. The fourth-order valence-electron chi connectivity index (χ4n) is 3.10. The fourth-order valence-corrected chi connectivity index (χ4v) is 3.10. The van der Waals surface area contributed by atoms with E-state index < -0.39 is 0 Å². The molecule has 2 aliphatic rings. The molecule has 2 bridgehead atoms. The van der Waals surface area contributed by atoms with E-state index in [4.69, 9.17) is 14.2 Å². The van der Waals surface area contributed by atoms with Gasteiger partial charge in [0, 0.05) is 12.8 Å². The molecule has 0 unspecified atom stereocenters. The maximum atomic E-state index is 11.9. The molecule has 2 heterocycles. The Hall–Kier alpha value is -1.55. The molecule has 0 aliphatic carbocycles. The van der Waals surface area contributed by atoms with Gasteiger partial charge in [-0.1, -0.05) is 0 Å². The number of hydrogen-bond acceptors (Lipinski definition) is 4. The molecular formula is C15H18O4. The number of ketones is 1. The molecule has 0 amide bonds. The van der Waals surface area contributed by atoms with Gasteiger partial charge in [-0.3, -0.25) is 4.79 Å². The lowest BCUT2D eigenvalue weighted by Gasteiger charge is -2.43. The Bertz CT molecular complexity index is 537. The minimum atomic E-state index is -0.383. The Morgan fingerprint density at radius 1 is 1.26 bits per heavy atom. The molecule has 1 aromatic rings. The summed E-state index contributed by atoms with van der Waals surface area (Å²) in [7, 11) is 3.25.